The zero-order chi connectivity index (χ0) is 16.6. The highest BCUT2D eigenvalue weighted by atomic mass is 127. The SMILES string of the molecule is CCNC(=NCc1ccsc1)NCCCc1nc2ccccc2[nH]1.I. The van der Waals surface area contributed by atoms with Crippen molar-refractivity contribution >= 4 is 52.3 Å². The lowest BCUT2D eigenvalue weighted by Gasteiger charge is -2.10. The van der Waals surface area contributed by atoms with Gasteiger partial charge in [0.25, 0.3) is 0 Å². The van der Waals surface area contributed by atoms with Crippen molar-refractivity contribution in [3.05, 3.63) is 52.5 Å². The van der Waals surface area contributed by atoms with Gasteiger partial charge in [-0.3, -0.25) is 0 Å². The summed E-state index contributed by atoms with van der Waals surface area (Å²) in [5.41, 5.74) is 3.39. The van der Waals surface area contributed by atoms with E-state index in [9.17, 15) is 0 Å². The average molecular weight is 469 g/mol. The fourth-order valence-electron chi connectivity index (χ4n) is 2.48. The molecule has 7 heteroatoms. The Balaban J connectivity index is 0.00000225. The number of benzene rings is 1. The number of hydrogen-bond donors (Lipinski definition) is 3. The number of para-hydroxylation sites is 2. The summed E-state index contributed by atoms with van der Waals surface area (Å²) >= 11 is 1.70. The summed E-state index contributed by atoms with van der Waals surface area (Å²) in [4.78, 5) is 12.6. The molecule has 3 N–H and O–H groups in total. The van der Waals surface area contributed by atoms with E-state index in [1.807, 2.05) is 18.2 Å². The normalized spacial score (nSPS) is 11.3. The van der Waals surface area contributed by atoms with Crippen LogP contribution in [0.3, 0.4) is 0 Å². The smallest absolute Gasteiger partial charge is 0.191 e. The van der Waals surface area contributed by atoms with Gasteiger partial charge in [-0.1, -0.05) is 12.1 Å². The third-order valence-electron chi connectivity index (χ3n) is 3.67. The zero-order valence-corrected chi connectivity index (χ0v) is 17.4. The highest BCUT2D eigenvalue weighted by Gasteiger charge is 2.02. The number of guanidine groups is 1. The fourth-order valence-corrected chi connectivity index (χ4v) is 3.14. The van der Waals surface area contributed by atoms with Gasteiger partial charge in [-0.2, -0.15) is 11.3 Å². The number of imidazole rings is 1. The lowest BCUT2D eigenvalue weighted by Crippen LogP contribution is -2.37. The van der Waals surface area contributed by atoms with Gasteiger partial charge in [0.1, 0.15) is 5.82 Å². The van der Waals surface area contributed by atoms with Crippen molar-refractivity contribution in [2.24, 2.45) is 4.99 Å². The highest BCUT2D eigenvalue weighted by molar-refractivity contribution is 14.0. The van der Waals surface area contributed by atoms with Gasteiger partial charge in [0.2, 0.25) is 0 Å². The molecule has 0 aliphatic rings. The Morgan fingerprint density at radius 2 is 2.12 bits per heavy atom. The first-order chi connectivity index (χ1) is 11.8. The molecule has 0 amide bonds. The number of aryl methyl sites for hydroxylation is 1. The van der Waals surface area contributed by atoms with Crippen LogP contribution in [0.15, 0.2) is 46.1 Å². The third kappa shape index (κ3) is 6.00. The van der Waals surface area contributed by atoms with E-state index >= 15 is 0 Å². The molecule has 0 unspecified atom stereocenters. The van der Waals surface area contributed by atoms with Gasteiger partial charge < -0.3 is 15.6 Å². The van der Waals surface area contributed by atoms with Crippen molar-refractivity contribution in [1.82, 2.24) is 20.6 Å². The minimum Gasteiger partial charge on any atom is -0.357 e. The molecular formula is C18H24IN5S. The minimum atomic E-state index is 0. The van der Waals surface area contributed by atoms with Crippen LogP contribution >= 0.6 is 35.3 Å². The second kappa shape index (κ2) is 10.4. The van der Waals surface area contributed by atoms with Gasteiger partial charge in [0, 0.05) is 19.5 Å². The number of aliphatic imine (C=N–C) groups is 1. The second-order valence-corrected chi connectivity index (χ2v) is 6.34. The van der Waals surface area contributed by atoms with Crippen molar-refractivity contribution < 1.29 is 0 Å². The number of rotatable bonds is 7. The number of hydrogen-bond acceptors (Lipinski definition) is 3. The Hall–Kier alpha value is -1.61. The average Bonchev–Trinajstić information content (AvgIpc) is 3.25. The maximum Gasteiger partial charge on any atom is 0.191 e. The van der Waals surface area contributed by atoms with Crippen LogP contribution in [0.4, 0.5) is 0 Å². The quantitative estimate of drug-likeness (QED) is 0.213. The van der Waals surface area contributed by atoms with E-state index in [0.29, 0.717) is 6.54 Å². The standard InChI is InChI=1S/C18H23N5S.HI/c1-2-19-18(21-12-14-9-11-24-13-14)20-10-5-8-17-22-15-6-3-4-7-16(15)23-17;/h3-4,6-7,9,11,13H,2,5,8,10,12H2,1H3,(H,22,23)(H2,19,20,21);1H. The summed E-state index contributed by atoms with van der Waals surface area (Å²) in [7, 11) is 0. The predicted octanol–water partition coefficient (Wildman–Crippen LogP) is 3.93. The second-order valence-electron chi connectivity index (χ2n) is 5.56. The van der Waals surface area contributed by atoms with Crippen molar-refractivity contribution in [3.63, 3.8) is 0 Å². The van der Waals surface area contributed by atoms with Crippen LogP contribution in [0.25, 0.3) is 11.0 Å². The summed E-state index contributed by atoms with van der Waals surface area (Å²) in [5.74, 6) is 1.91. The number of thiophene rings is 1. The molecule has 0 spiro atoms. The molecule has 25 heavy (non-hydrogen) atoms. The van der Waals surface area contributed by atoms with Crippen LogP contribution in [-0.4, -0.2) is 29.0 Å². The first-order valence-corrected chi connectivity index (χ1v) is 9.26. The van der Waals surface area contributed by atoms with Crippen LogP contribution in [0.2, 0.25) is 0 Å². The zero-order valence-electron chi connectivity index (χ0n) is 14.3. The van der Waals surface area contributed by atoms with Crippen LogP contribution in [0.5, 0.6) is 0 Å². The highest BCUT2D eigenvalue weighted by Crippen LogP contribution is 2.11. The molecule has 0 fully saturated rings. The lowest BCUT2D eigenvalue weighted by atomic mass is 10.3. The third-order valence-corrected chi connectivity index (χ3v) is 4.40. The Labute approximate surface area is 169 Å². The van der Waals surface area contributed by atoms with Crippen LogP contribution in [-0.2, 0) is 13.0 Å². The number of fused-ring (bicyclic) bond motifs is 1. The van der Waals surface area contributed by atoms with E-state index in [4.69, 9.17) is 0 Å². The van der Waals surface area contributed by atoms with Crippen molar-refractivity contribution in [3.8, 4) is 0 Å². The van der Waals surface area contributed by atoms with Crippen LogP contribution < -0.4 is 10.6 Å². The number of nitrogens with zero attached hydrogens (tertiary/aromatic N) is 2. The van der Waals surface area contributed by atoms with Crippen molar-refractivity contribution in [2.75, 3.05) is 13.1 Å². The molecule has 2 aromatic heterocycles. The summed E-state index contributed by atoms with van der Waals surface area (Å²) in [5, 5.41) is 10.9. The first kappa shape index (κ1) is 19.7. The predicted molar refractivity (Wildman–Crippen MR) is 117 cm³/mol. The molecule has 0 bridgehead atoms. The number of aromatic amines is 1. The summed E-state index contributed by atoms with van der Waals surface area (Å²) in [6, 6.07) is 10.2. The van der Waals surface area contributed by atoms with E-state index in [2.05, 4.69) is 55.4 Å². The van der Waals surface area contributed by atoms with Gasteiger partial charge >= 0.3 is 0 Å². The summed E-state index contributed by atoms with van der Waals surface area (Å²) in [6.07, 6.45) is 1.92. The number of halogens is 1. The lowest BCUT2D eigenvalue weighted by molar-refractivity contribution is 0.727. The van der Waals surface area contributed by atoms with E-state index in [0.717, 1.165) is 48.7 Å². The molecule has 1 aromatic carbocycles. The molecule has 0 saturated heterocycles. The first-order valence-electron chi connectivity index (χ1n) is 8.32. The van der Waals surface area contributed by atoms with Gasteiger partial charge in [0.05, 0.1) is 17.6 Å². The van der Waals surface area contributed by atoms with Gasteiger partial charge in [0.15, 0.2) is 5.96 Å². The maximum absolute atomic E-state index is 4.61. The monoisotopic (exact) mass is 469 g/mol. The molecule has 0 saturated carbocycles. The molecular weight excluding hydrogens is 445 g/mol. The molecule has 0 aliphatic heterocycles. The topological polar surface area (TPSA) is 65.1 Å². The largest absolute Gasteiger partial charge is 0.357 e. The molecule has 0 aliphatic carbocycles. The Morgan fingerprint density at radius 1 is 1.24 bits per heavy atom. The van der Waals surface area contributed by atoms with Crippen LogP contribution in [0.1, 0.15) is 24.7 Å². The number of aromatic nitrogens is 2. The molecule has 3 rings (SSSR count). The Bertz CT molecular complexity index is 749. The summed E-state index contributed by atoms with van der Waals surface area (Å²) < 4.78 is 0. The molecule has 2 heterocycles. The maximum atomic E-state index is 4.61. The van der Waals surface area contributed by atoms with Gasteiger partial charge in [-0.15, -0.1) is 24.0 Å². The van der Waals surface area contributed by atoms with E-state index in [1.54, 1.807) is 11.3 Å². The minimum absolute atomic E-state index is 0. The molecule has 3 aromatic rings. The fraction of sp³-hybridized carbons (Fsp3) is 0.333. The molecule has 134 valence electrons. The van der Waals surface area contributed by atoms with E-state index in [1.165, 1.54) is 5.56 Å². The van der Waals surface area contributed by atoms with E-state index in [-0.39, 0.29) is 24.0 Å². The molecule has 0 radical (unpaired) electrons. The summed E-state index contributed by atoms with van der Waals surface area (Å²) in [6.45, 7) is 4.52. The van der Waals surface area contributed by atoms with E-state index < -0.39 is 0 Å². The van der Waals surface area contributed by atoms with Crippen LogP contribution in [0, 0.1) is 0 Å². The van der Waals surface area contributed by atoms with Gasteiger partial charge in [-0.05, 0) is 47.9 Å². The molecule has 5 nitrogen and oxygen atoms in total. The molecule has 0 atom stereocenters. The van der Waals surface area contributed by atoms with Crippen molar-refractivity contribution in [2.45, 2.75) is 26.3 Å². The number of nitrogens with one attached hydrogen (secondary N) is 3. The van der Waals surface area contributed by atoms with Crippen molar-refractivity contribution in [1.29, 1.82) is 0 Å². The Morgan fingerprint density at radius 3 is 2.88 bits per heavy atom. The number of H-pyrrole nitrogens is 1. The van der Waals surface area contributed by atoms with Gasteiger partial charge in [-0.25, -0.2) is 9.98 Å². The Kier molecular flexibility index (Phi) is 8.20.